The molecule has 1 aromatic heterocycles. The Morgan fingerprint density at radius 1 is 1.50 bits per heavy atom. The molecular formula is C12H19NO3S2. The van der Waals surface area contributed by atoms with Crippen molar-refractivity contribution in [3.05, 3.63) is 15.8 Å². The van der Waals surface area contributed by atoms with Gasteiger partial charge in [0.05, 0.1) is 11.5 Å². The quantitative estimate of drug-likeness (QED) is 0.852. The molecular weight excluding hydrogens is 270 g/mol. The minimum atomic E-state index is -3.35. The van der Waals surface area contributed by atoms with Gasteiger partial charge in [0, 0.05) is 30.0 Å². The molecule has 0 N–H and O–H groups in total. The maximum Gasteiger partial charge on any atom is 0.243 e. The maximum atomic E-state index is 12.4. The van der Waals surface area contributed by atoms with Crippen molar-refractivity contribution in [2.75, 3.05) is 26.8 Å². The summed E-state index contributed by atoms with van der Waals surface area (Å²) in [5, 5.41) is 0. The number of ether oxygens (including phenoxy) is 1. The van der Waals surface area contributed by atoms with Crippen LogP contribution in [0.5, 0.6) is 0 Å². The van der Waals surface area contributed by atoms with E-state index in [-0.39, 0.29) is 0 Å². The van der Waals surface area contributed by atoms with E-state index in [0.29, 0.717) is 24.0 Å². The molecule has 0 aromatic carbocycles. The molecule has 0 spiro atoms. The molecule has 2 rings (SSSR count). The zero-order valence-corrected chi connectivity index (χ0v) is 12.6. The lowest BCUT2D eigenvalue weighted by Gasteiger charge is -2.19. The molecule has 0 radical (unpaired) electrons. The highest BCUT2D eigenvalue weighted by Gasteiger charge is 2.27. The average molecular weight is 289 g/mol. The van der Waals surface area contributed by atoms with E-state index in [2.05, 4.69) is 0 Å². The summed E-state index contributed by atoms with van der Waals surface area (Å²) in [6.07, 6.45) is 0.946. The first-order valence-corrected chi connectivity index (χ1v) is 8.28. The summed E-state index contributed by atoms with van der Waals surface area (Å²) in [4.78, 5) is 2.34. The van der Waals surface area contributed by atoms with Gasteiger partial charge in [-0.3, -0.25) is 0 Å². The molecule has 1 aromatic rings. The molecule has 4 nitrogen and oxygen atoms in total. The molecule has 1 unspecified atom stereocenters. The summed E-state index contributed by atoms with van der Waals surface area (Å²) < 4.78 is 31.6. The zero-order chi connectivity index (χ0) is 13.3. The Balaban J connectivity index is 2.17. The lowest BCUT2D eigenvalue weighted by atomic mass is 10.1. The molecule has 0 bridgehead atoms. The Morgan fingerprint density at radius 2 is 2.22 bits per heavy atom. The highest BCUT2D eigenvalue weighted by atomic mass is 32.2. The summed E-state index contributed by atoms with van der Waals surface area (Å²) in [6.45, 7) is 5.74. The van der Waals surface area contributed by atoms with Crippen molar-refractivity contribution >= 4 is 21.4 Å². The molecule has 6 heteroatoms. The summed E-state index contributed by atoms with van der Waals surface area (Å²) in [7, 11) is -1.70. The lowest BCUT2D eigenvalue weighted by Crippen LogP contribution is -2.32. The Kier molecular flexibility index (Phi) is 4.11. The third-order valence-corrected chi connectivity index (χ3v) is 6.27. The number of rotatable bonds is 4. The van der Waals surface area contributed by atoms with Crippen LogP contribution in [0.2, 0.25) is 0 Å². The first kappa shape index (κ1) is 14.0. The fraction of sp³-hybridized carbons (Fsp3) is 0.667. The molecule has 1 aliphatic rings. The van der Waals surface area contributed by atoms with E-state index in [4.69, 9.17) is 4.74 Å². The maximum absolute atomic E-state index is 12.4. The Hall–Kier alpha value is -0.430. The third-order valence-electron chi connectivity index (χ3n) is 3.22. The Morgan fingerprint density at radius 3 is 2.72 bits per heavy atom. The number of hydrogen-bond donors (Lipinski definition) is 0. The Bertz CT molecular complexity index is 515. The molecule has 0 saturated carbocycles. The van der Waals surface area contributed by atoms with Gasteiger partial charge in [0.1, 0.15) is 0 Å². The molecule has 102 valence electrons. The fourth-order valence-electron chi connectivity index (χ4n) is 2.22. The van der Waals surface area contributed by atoms with Crippen LogP contribution in [-0.2, 0) is 14.8 Å². The first-order chi connectivity index (χ1) is 8.41. The van der Waals surface area contributed by atoms with E-state index >= 15 is 0 Å². The predicted octanol–water partition coefficient (Wildman–Crippen LogP) is 2.02. The fourth-order valence-corrected chi connectivity index (χ4v) is 4.99. The van der Waals surface area contributed by atoms with Crippen molar-refractivity contribution in [1.29, 1.82) is 0 Å². The van der Waals surface area contributed by atoms with E-state index in [9.17, 15) is 8.42 Å². The molecule has 1 saturated heterocycles. The molecule has 0 aliphatic carbocycles. The topological polar surface area (TPSA) is 46.6 Å². The smallest absolute Gasteiger partial charge is 0.243 e. The number of aryl methyl sites for hydroxylation is 2. The van der Waals surface area contributed by atoms with Gasteiger partial charge in [0.2, 0.25) is 10.0 Å². The van der Waals surface area contributed by atoms with Gasteiger partial charge >= 0.3 is 0 Å². The normalized spacial score (nSPS) is 20.8. The molecule has 18 heavy (non-hydrogen) atoms. The summed E-state index contributed by atoms with van der Waals surface area (Å²) in [6, 6.07) is 1.76. The first-order valence-electron chi connectivity index (χ1n) is 6.02. The van der Waals surface area contributed by atoms with Gasteiger partial charge in [0.15, 0.2) is 0 Å². The highest BCUT2D eigenvalue weighted by molar-refractivity contribution is 7.89. The van der Waals surface area contributed by atoms with Crippen LogP contribution in [0.3, 0.4) is 0 Å². The molecule has 1 fully saturated rings. The van der Waals surface area contributed by atoms with Crippen LogP contribution >= 0.6 is 11.3 Å². The summed E-state index contributed by atoms with van der Waals surface area (Å²) in [5.41, 5.74) is 0. The zero-order valence-electron chi connectivity index (χ0n) is 11.0. The number of thiophene rings is 1. The van der Waals surface area contributed by atoms with Gasteiger partial charge in [-0.1, -0.05) is 0 Å². The van der Waals surface area contributed by atoms with Gasteiger partial charge in [-0.2, -0.15) is 0 Å². The van der Waals surface area contributed by atoms with Crippen LogP contribution in [0.4, 0.5) is 0 Å². The van der Waals surface area contributed by atoms with Crippen LogP contribution in [0.15, 0.2) is 11.0 Å². The van der Waals surface area contributed by atoms with Crippen LogP contribution in [0, 0.1) is 19.8 Å². The minimum Gasteiger partial charge on any atom is -0.381 e. The molecule has 2 heterocycles. The van der Waals surface area contributed by atoms with Gasteiger partial charge in [-0.25, -0.2) is 12.7 Å². The third kappa shape index (κ3) is 2.77. The van der Waals surface area contributed by atoms with E-state index in [1.165, 1.54) is 15.6 Å². The van der Waals surface area contributed by atoms with Crippen LogP contribution in [0.25, 0.3) is 0 Å². The molecule has 1 atom stereocenters. The predicted molar refractivity (Wildman–Crippen MR) is 72.5 cm³/mol. The van der Waals surface area contributed by atoms with Gasteiger partial charge in [0.25, 0.3) is 0 Å². The van der Waals surface area contributed by atoms with Crippen LogP contribution in [-0.4, -0.2) is 39.5 Å². The Labute approximate surface area is 113 Å². The van der Waals surface area contributed by atoms with Crippen molar-refractivity contribution in [2.24, 2.45) is 5.92 Å². The van der Waals surface area contributed by atoms with Crippen LogP contribution in [0.1, 0.15) is 16.2 Å². The second kappa shape index (κ2) is 5.28. The van der Waals surface area contributed by atoms with E-state index < -0.39 is 10.0 Å². The van der Waals surface area contributed by atoms with Crippen molar-refractivity contribution in [1.82, 2.24) is 4.31 Å². The SMILES string of the molecule is Cc1cc(S(=O)(=O)N(C)CC2CCOC2)c(C)s1. The van der Waals surface area contributed by atoms with Gasteiger partial charge < -0.3 is 4.74 Å². The van der Waals surface area contributed by atoms with E-state index in [0.717, 1.165) is 22.8 Å². The monoisotopic (exact) mass is 289 g/mol. The lowest BCUT2D eigenvalue weighted by molar-refractivity contribution is 0.182. The minimum absolute atomic E-state index is 0.324. The average Bonchev–Trinajstić information content (AvgIpc) is 2.88. The number of nitrogens with zero attached hydrogens (tertiary/aromatic N) is 1. The molecule has 1 aliphatic heterocycles. The van der Waals surface area contributed by atoms with Gasteiger partial charge in [-0.15, -0.1) is 11.3 Å². The van der Waals surface area contributed by atoms with Crippen molar-refractivity contribution in [3.63, 3.8) is 0 Å². The summed E-state index contributed by atoms with van der Waals surface area (Å²) >= 11 is 1.53. The number of sulfonamides is 1. The molecule has 0 amide bonds. The standard InChI is InChI=1S/C12H19NO3S2/c1-9-6-12(10(2)17-9)18(14,15)13(3)7-11-4-5-16-8-11/h6,11H,4-5,7-8H2,1-3H3. The van der Waals surface area contributed by atoms with Gasteiger partial charge in [-0.05, 0) is 32.3 Å². The highest BCUT2D eigenvalue weighted by Crippen LogP contribution is 2.28. The van der Waals surface area contributed by atoms with E-state index in [1.807, 2.05) is 13.8 Å². The van der Waals surface area contributed by atoms with Crippen molar-refractivity contribution < 1.29 is 13.2 Å². The summed E-state index contributed by atoms with van der Waals surface area (Å²) in [5.74, 6) is 0.324. The van der Waals surface area contributed by atoms with Crippen molar-refractivity contribution in [2.45, 2.75) is 25.2 Å². The second-order valence-electron chi connectivity index (χ2n) is 4.79. The largest absolute Gasteiger partial charge is 0.381 e. The van der Waals surface area contributed by atoms with E-state index in [1.54, 1.807) is 13.1 Å². The van der Waals surface area contributed by atoms with Crippen molar-refractivity contribution in [3.8, 4) is 0 Å². The van der Waals surface area contributed by atoms with Crippen LogP contribution < -0.4 is 0 Å². The second-order valence-corrected chi connectivity index (χ2v) is 8.27. The number of hydrogen-bond acceptors (Lipinski definition) is 4.